The van der Waals surface area contributed by atoms with Crippen molar-refractivity contribution in [3.8, 4) is 0 Å². The van der Waals surface area contributed by atoms with Gasteiger partial charge in [0, 0.05) is 36.8 Å². The maximum Gasteiger partial charge on any atom is 0.303 e. The molecular formula is C26H29FN4O3. The highest BCUT2D eigenvalue weighted by Gasteiger charge is 2.29. The van der Waals surface area contributed by atoms with Crippen molar-refractivity contribution in [1.82, 2.24) is 19.4 Å². The van der Waals surface area contributed by atoms with Crippen molar-refractivity contribution < 1.29 is 19.1 Å². The van der Waals surface area contributed by atoms with Crippen molar-refractivity contribution >= 4 is 22.9 Å². The zero-order valence-corrected chi connectivity index (χ0v) is 19.1. The van der Waals surface area contributed by atoms with E-state index < -0.39 is 5.97 Å². The van der Waals surface area contributed by atoms with Crippen LogP contribution in [0.3, 0.4) is 0 Å². The Bertz CT molecular complexity index is 1220. The van der Waals surface area contributed by atoms with Crippen LogP contribution in [-0.2, 0) is 29.1 Å². The second kappa shape index (κ2) is 9.54. The van der Waals surface area contributed by atoms with Crippen LogP contribution in [0.15, 0.2) is 42.6 Å². The van der Waals surface area contributed by atoms with E-state index in [0.717, 1.165) is 54.6 Å². The topological polar surface area (TPSA) is 78.7 Å². The Balaban J connectivity index is 1.32. The molecule has 1 amide bonds. The number of rotatable bonds is 6. The molecule has 0 bridgehead atoms. The quantitative estimate of drug-likeness (QED) is 0.606. The molecule has 7 nitrogen and oxygen atoms in total. The number of carboxylic acid groups (broad SMARTS) is 1. The largest absolute Gasteiger partial charge is 0.481 e. The zero-order valence-electron chi connectivity index (χ0n) is 19.1. The fourth-order valence-corrected chi connectivity index (χ4v) is 5.35. The highest BCUT2D eigenvalue weighted by atomic mass is 19.1. The number of carboxylic acids is 1. The standard InChI is InChI=1S/C26H29FN4O3/c27-20-4-1-3-19(13-20)15-31-23-16-30(12-8-21(23)22-5-2-9-28-26(22)31)24(32)17-29-10-6-18(7-11-29)14-25(33)34/h1-5,9,13,18H,6-8,10-12,14-17H2,(H,33,34). The van der Waals surface area contributed by atoms with Crippen LogP contribution in [0.4, 0.5) is 4.39 Å². The molecule has 4 heterocycles. The molecule has 2 aliphatic rings. The number of piperidine rings is 1. The first kappa shape index (κ1) is 22.5. The van der Waals surface area contributed by atoms with Crippen molar-refractivity contribution in [3.05, 3.63) is 65.2 Å². The lowest BCUT2D eigenvalue weighted by Crippen LogP contribution is -2.45. The van der Waals surface area contributed by atoms with Gasteiger partial charge >= 0.3 is 5.97 Å². The molecule has 0 atom stereocenters. The van der Waals surface area contributed by atoms with Crippen LogP contribution >= 0.6 is 0 Å². The van der Waals surface area contributed by atoms with E-state index >= 15 is 0 Å². The molecule has 1 aromatic carbocycles. The van der Waals surface area contributed by atoms with Gasteiger partial charge in [-0.25, -0.2) is 9.37 Å². The average Bonchev–Trinajstić information content (AvgIpc) is 3.13. The predicted octanol–water partition coefficient (Wildman–Crippen LogP) is 3.30. The van der Waals surface area contributed by atoms with Gasteiger partial charge in [0.05, 0.1) is 13.1 Å². The SMILES string of the molecule is O=C(O)CC1CCN(CC(=O)N2CCc3c(n(Cc4cccc(F)c4)c4ncccc34)C2)CC1. The summed E-state index contributed by atoms with van der Waals surface area (Å²) < 4.78 is 15.9. The summed E-state index contributed by atoms with van der Waals surface area (Å²) in [7, 11) is 0. The normalized spacial score (nSPS) is 17.1. The fraction of sp³-hybridized carbons (Fsp3) is 0.423. The molecule has 1 fully saturated rings. The summed E-state index contributed by atoms with van der Waals surface area (Å²) in [6, 6.07) is 10.6. The van der Waals surface area contributed by atoms with Gasteiger partial charge in [0.25, 0.3) is 0 Å². The van der Waals surface area contributed by atoms with Gasteiger partial charge in [0.15, 0.2) is 0 Å². The third-order valence-corrected chi connectivity index (χ3v) is 7.13. The fourth-order valence-electron chi connectivity index (χ4n) is 5.35. The van der Waals surface area contributed by atoms with E-state index in [4.69, 9.17) is 5.11 Å². The number of fused-ring (bicyclic) bond motifs is 3. The predicted molar refractivity (Wildman–Crippen MR) is 126 cm³/mol. The Kier molecular flexibility index (Phi) is 6.32. The third kappa shape index (κ3) is 4.68. The van der Waals surface area contributed by atoms with E-state index in [2.05, 4.69) is 20.5 Å². The van der Waals surface area contributed by atoms with Gasteiger partial charge in [-0.15, -0.1) is 0 Å². The first-order valence-corrected chi connectivity index (χ1v) is 11.9. The molecule has 2 aromatic heterocycles. The lowest BCUT2D eigenvalue weighted by atomic mass is 9.93. The maximum atomic E-state index is 13.8. The first-order valence-electron chi connectivity index (χ1n) is 11.9. The minimum Gasteiger partial charge on any atom is -0.481 e. The van der Waals surface area contributed by atoms with E-state index in [-0.39, 0.29) is 24.1 Å². The Labute approximate surface area is 197 Å². The van der Waals surface area contributed by atoms with Crippen LogP contribution in [0.25, 0.3) is 11.0 Å². The monoisotopic (exact) mass is 464 g/mol. The Morgan fingerprint density at radius 2 is 1.94 bits per heavy atom. The number of carbonyl (C=O) groups excluding carboxylic acids is 1. The van der Waals surface area contributed by atoms with Crippen LogP contribution in [0.2, 0.25) is 0 Å². The van der Waals surface area contributed by atoms with Crippen molar-refractivity contribution in [2.24, 2.45) is 5.92 Å². The summed E-state index contributed by atoms with van der Waals surface area (Å²) in [6.07, 6.45) is 4.38. The molecule has 0 aliphatic carbocycles. The second-order valence-electron chi connectivity index (χ2n) is 9.40. The molecule has 0 saturated carbocycles. The Morgan fingerprint density at radius 3 is 2.71 bits per heavy atom. The highest BCUT2D eigenvalue weighted by Crippen LogP contribution is 2.31. The minimum atomic E-state index is -0.748. The summed E-state index contributed by atoms with van der Waals surface area (Å²) in [4.78, 5) is 32.8. The van der Waals surface area contributed by atoms with E-state index in [9.17, 15) is 14.0 Å². The summed E-state index contributed by atoms with van der Waals surface area (Å²) in [6.45, 7) is 3.54. The van der Waals surface area contributed by atoms with Gasteiger partial charge in [-0.2, -0.15) is 0 Å². The number of hydrogen-bond acceptors (Lipinski definition) is 4. The molecule has 1 N–H and O–H groups in total. The summed E-state index contributed by atoms with van der Waals surface area (Å²) in [5, 5.41) is 10.1. The number of benzene rings is 1. The number of aliphatic carboxylic acids is 1. The van der Waals surface area contributed by atoms with Crippen molar-refractivity contribution in [2.45, 2.75) is 38.8 Å². The van der Waals surface area contributed by atoms with Crippen molar-refractivity contribution in [3.63, 3.8) is 0 Å². The molecule has 8 heteroatoms. The third-order valence-electron chi connectivity index (χ3n) is 7.13. The van der Waals surface area contributed by atoms with Gasteiger partial charge in [-0.3, -0.25) is 14.5 Å². The average molecular weight is 465 g/mol. The van der Waals surface area contributed by atoms with Gasteiger partial charge in [0.1, 0.15) is 11.5 Å². The smallest absolute Gasteiger partial charge is 0.303 e. The molecule has 3 aromatic rings. The maximum absolute atomic E-state index is 13.8. The van der Waals surface area contributed by atoms with Crippen LogP contribution < -0.4 is 0 Å². The number of amides is 1. The molecule has 0 radical (unpaired) electrons. The molecule has 34 heavy (non-hydrogen) atoms. The van der Waals surface area contributed by atoms with Crippen LogP contribution in [0.1, 0.15) is 36.1 Å². The van der Waals surface area contributed by atoms with E-state index in [1.54, 1.807) is 18.3 Å². The molecule has 178 valence electrons. The summed E-state index contributed by atoms with van der Waals surface area (Å²) in [5.74, 6) is -0.716. The molecule has 0 unspecified atom stereocenters. The number of carbonyl (C=O) groups is 2. The Hall–Kier alpha value is -3.26. The van der Waals surface area contributed by atoms with E-state index in [0.29, 0.717) is 26.2 Å². The summed E-state index contributed by atoms with van der Waals surface area (Å²) in [5.41, 5.74) is 4.01. The molecular weight excluding hydrogens is 435 g/mol. The number of halogens is 1. The van der Waals surface area contributed by atoms with Crippen molar-refractivity contribution in [1.29, 1.82) is 0 Å². The lowest BCUT2D eigenvalue weighted by molar-refractivity contribution is -0.139. The van der Waals surface area contributed by atoms with Crippen molar-refractivity contribution in [2.75, 3.05) is 26.2 Å². The minimum absolute atomic E-state index is 0.0952. The lowest BCUT2D eigenvalue weighted by Gasteiger charge is -2.34. The molecule has 5 rings (SSSR count). The molecule has 0 spiro atoms. The van der Waals surface area contributed by atoms with Gasteiger partial charge in [-0.1, -0.05) is 12.1 Å². The Morgan fingerprint density at radius 1 is 1.12 bits per heavy atom. The number of aromatic nitrogens is 2. The van der Waals surface area contributed by atoms with Crippen LogP contribution in [0, 0.1) is 11.7 Å². The number of nitrogens with zero attached hydrogens (tertiary/aromatic N) is 4. The van der Waals surface area contributed by atoms with Gasteiger partial charge in [-0.05, 0) is 73.7 Å². The number of pyridine rings is 1. The highest BCUT2D eigenvalue weighted by molar-refractivity contribution is 5.84. The van der Waals surface area contributed by atoms with Crippen LogP contribution in [-0.4, -0.2) is 62.5 Å². The van der Waals surface area contributed by atoms with Crippen LogP contribution in [0.5, 0.6) is 0 Å². The van der Waals surface area contributed by atoms with Gasteiger partial charge in [0.2, 0.25) is 5.91 Å². The van der Waals surface area contributed by atoms with Gasteiger partial charge < -0.3 is 14.6 Å². The molecule has 1 saturated heterocycles. The first-order chi connectivity index (χ1) is 16.5. The second-order valence-corrected chi connectivity index (χ2v) is 9.40. The summed E-state index contributed by atoms with van der Waals surface area (Å²) >= 11 is 0. The zero-order chi connectivity index (χ0) is 23.7. The van der Waals surface area contributed by atoms with E-state index in [1.165, 1.54) is 11.6 Å². The molecule has 2 aliphatic heterocycles. The number of likely N-dealkylation sites (tertiary alicyclic amines) is 1. The number of hydrogen-bond donors (Lipinski definition) is 1. The van der Waals surface area contributed by atoms with E-state index in [1.807, 2.05) is 17.0 Å².